The molecule has 0 bridgehead atoms. The largest absolute Gasteiger partial charge is 0.496 e. The monoisotopic (exact) mass is 367 g/mol. The second-order valence-electron chi connectivity index (χ2n) is 5.57. The molecule has 0 saturated carbocycles. The predicted octanol–water partition coefficient (Wildman–Crippen LogP) is 3.55. The average molecular weight is 368 g/mol. The molecule has 1 saturated heterocycles. The van der Waals surface area contributed by atoms with Crippen molar-refractivity contribution in [3.8, 4) is 11.8 Å². The van der Waals surface area contributed by atoms with E-state index in [1.807, 2.05) is 18.2 Å². The molecule has 0 amide bonds. The van der Waals surface area contributed by atoms with Crippen LogP contribution in [0.15, 0.2) is 36.4 Å². The van der Waals surface area contributed by atoms with Crippen LogP contribution in [0, 0.1) is 11.3 Å². The summed E-state index contributed by atoms with van der Waals surface area (Å²) in [7, 11) is 1.70. The fourth-order valence-corrected chi connectivity index (χ4v) is 3.29. The van der Waals surface area contributed by atoms with Crippen LogP contribution in [0.2, 0.25) is 0 Å². The van der Waals surface area contributed by atoms with Crippen molar-refractivity contribution in [1.29, 1.82) is 5.26 Å². The fourth-order valence-electron chi connectivity index (χ4n) is 3.29. The fraction of sp³-hybridized carbons (Fsp3) is 0.389. The van der Waals surface area contributed by atoms with Gasteiger partial charge in [-0.25, -0.2) is 0 Å². The van der Waals surface area contributed by atoms with E-state index in [0.717, 1.165) is 37.5 Å². The van der Waals surface area contributed by atoms with Crippen molar-refractivity contribution in [1.82, 2.24) is 10.2 Å². The lowest BCUT2D eigenvalue weighted by atomic mass is 9.94. The van der Waals surface area contributed by atoms with E-state index in [2.05, 4.69) is 34.5 Å². The minimum atomic E-state index is 0. The van der Waals surface area contributed by atoms with Crippen molar-refractivity contribution in [2.45, 2.75) is 12.5 Å². The van der Waals surface area contributed by atoms with Gasteiger partial charge in [-0.2, -0.15) is 5.26 Å². The SMILES string of the molecule is COc1ccc2ccccc2c1[C@@H](CC#N)N1CCNCC1.Cl.Cl. The zero-order valence-corrected chi connectivity index (χ0v) is 15.3. The lowest BCUT2D eigenvalue weighted by molar-refractivity contribution is 0.174. The first-order chi connectivity index (χ1) is 10.8. The first-order valence-electron chi connectivity index (χ1n) is 7.72. The van der Waals surface area contributed by atoms with Gasteiger partial charge in [0.05, 0.1) is 25.6 Å². The van der Waals surface area contributed by atoms with Crippen LogP contribution in [0.3, 0.4) is 0 Å². The number of nitrogens with zero attached hydrogens (tertiary/aromatic N) is 2. The molecule has 1 atom stereocenters. The second-order valence-corrected chi connectivity index (χ2v) is 5.57. The quantitative estimate of drug-likeness (QED) is 0.897. The molecule has 0 spiro atoms. The number of ether oxygens (including phenoxy) is 1. The Hall–Kier alpha value is -1.51. The van der Waals surface area contributed by atoms with Crippen molar-refractivity contribution in [2.24, 2.45) is 0 Å². The smallest absolute Gasteiger partial charge is 0.124 e. The normalized spacial score (nSPS) is 15.7. The van der Waals surface area contributed by atoms with Crippen LogP contribution >= 0.6 is 24.8 Å². The number of hydrogen-bond acceptors (Lipinski definition) is 4. The lowest BCUT2D eigenvalue weighted by Crippen LogP contribution is -2.45. The molecule has 0 aromatic heterocycles. The summed E-state index contributed by atoms with van der Waals surface area (Å²) in [6.07, 6.45) is 0.477. The minimum absolute atomic E-state index is 0. The van der Waals surface area contributed by atoms with E-state index in [1.165, 1.54) is 10.8 Å². The first kappa shape index (κ1) is 20.5. The Kier molecular flexibility index (Phi) is 8.30. The van der Waals surface area contributed by atoms with Gasteiger partial charge in [0.2, 0.25) is 0 Å². The maximum absolute atomic E-state index is 9.33. The van der Waals surface area contributed by atoms with Crippen molar-refractivity contribution < 1.29 is 4.74 Å². The minimum Gasteiger partial charge on any atom is -0.496 e. The van der Waals surface area contributed by atoms with E-state index < -0.39 is 0 Å². The molecule has 2 aromatic carbocycles. The predicted molar refractivity (Wildman–Crippen MR) is 102 cm³/mol. The van der Waals surface area contributed by atoms with Crippen LogP contribution in [-0.4, -0.2) is 38.2 Å². The standard InChI is InChI=1S/C18H21N3O.2ClH/c1-22-17-7-6-14-4-2-3-5-15(14)18(17)16(8-9-19)21-12-10-20-11-13-21;;/h2-7,16,20H,8,10-13H2,1H3;2*1H/t16-;;/m1../s1. The molecule has 4 nitrogen and oxygen atoms in total. The molecule has 1 N–H and O–H groups in total. The van der Waals surface area contributed by atoms with Gasteiger partial charge in [0.1, 0.15) is 5.75 Å². The van der Waals surface area contributed by atoms with Crippen LogP contribution in [0.5, 0.6) is 5.75 Å². The third kappa shape index (κ3) is 4.12. The maximum Gasteiger partial charge on any atom is 0.124 e. The molecule has 1 fully saturated rings. The van der Waals surface area contributed by atoms with Gasteiger partial charge in [-0.3, -0.25) is 4.90 Å². The summed E-state index contributed by atoms with van der Waals surface area (Å²) in [6, 6.07) is 14.9. The van der Waals surface area contributed by atoms with Crippen LogP contribution in [-0.2, 0) is 0 Å². The van der Waals surface area contributed by atoms with E-state index in [0.29, 0.717) is 6.42 Å². The molecule has 3 rings (SSSR count). The number of methoxy groups -OCH3 is 1. The molecule has 130 valence electrons. The third-order valence-electron chi connectivity index (χ3n) is 4.36. The zero-order valence-electron chi connectivity index (χ0n) is 13.7. The average Bonchev–Trinajstić information content (AvgIpc) is 2.59. The number of piperazine rings is 1. The molecule has 1 aliphatic heterocycles. The van der Waals surface area contributed by atoms with E-state index in [-0.39, 0.29) is 30.9 Å². The summed E-state index contributed by atoms with van der Waals surface area (Å²) in [5.41, 5.74) is 1.14. The number of nitrogens with one attached hydrogen (secondary N) is 1. The van der Waals surface area contributed by atoms with Crippen LogP contribution in [0.25, 0.3) is 10.8 Å². The topological polar surface area (TPSA) is 48.3 Å². The van der Waals surface area contributed by atoms with Crippen molar-refractivity contribution >= 4 is 35.6 Å². The number of rotatable bonds is 4. The van der Waals surface area contributed by atoms with Crippen LogP contribution < -0.4 is 10.1 Å². The summed E-state index contributed by atoms with van der Waals surface area (Å²) in [6.45, 7) is 3.85. The summed E-state index contributed by atoms with van der Waals surface area (Å²) < 4.78 is 5.62. The number of benzene rings is 2. The Morgan fingerprint density at radius 3 is 2.54 bits per heavy atom. The number of fused-ring (bicyclic) bond motifs is 1. The molecule has 0 aliphatic carbocycles. The zero-order chi connectivity index (χ0) is 15.4. The highest BCUT2D eigenvalue weighted by molar-refractivity contribution is 5.88. The van der Waals surface area contributed by atoms with E-state index in [1.54, 1.807) is 7.11 Å². The molecule has 6 heteroatoms. The number of hydrogen-bond donors (Lipinski definition) is 1. The molecule has 1 aliphatic rings. The Labute approximate surface area is 155 Å². The van der Waals surface area contributed by atoms with Crippen molar-refractivity contribution in [3.63, 3.8) is 0 Å². The molecule has 0 unspecified atom stereocenters. The van der Waals surface area contributed by atoms with Gasteiger partial charge in [0.15, 0.2) is 0 Å². The highest BCUT2D eigenvalue weighted by Crippen LogP contribution is 2.37. The lowest BCUT2D eigenvalue weighted by Gasteiger charge is -2.35. The Morgan fingerprint density at radius 2 is 1.88 bits per heavy atom. The highest BCUT2D eigenvalue weighted by atomic mass is 35.5. The Balaban J connectivity index is 0.00000144. The van der Waals surface area contributed by atoms with Crippen molar-refractivity contribution in [3.05, 3.63) is 42.0 Å². The van der Waals surface area contributed by atoms with Gasteiger partial charge in [-0.05, 0) is 16.8 Å². The highest BCUT2D eigenvalue weighted by Gasteiger charge is 2.26. The molecular formula is C18H23Cl2N3O. The second kappa shape index (κ2) is 9.71. The summed E-state index contributed by atoms with van der Waals surface area (Å²) >= 11 is 0. The Bertz CT molecular complexity index is 696. The molecule has 2 aromatic rings. The van der Waals surface area contributed by atoms with Crippen LogP contribution in [0.4, 0.5) is 0 Å². The van der Waals surface area contributed by atoms with E-state index >= 15 is 0 Å². The van der Waals surface area contributed by atoms with Gasteiger partial charge in [-0.15, -0.1) is 24.8 Å². The first-order valence-corrected chi connectivity index (χ1v) is 7.72. The summed E-state index contributed by atoms with van der Waals surface area (Å²) in [5.74, 6) is 0.873. The van der Waals surface area contributed by atoms with E-state index in [4.69, 9.17) is 4.74 Å². The number of halogens is 2. The molecular weight excluding hydrogens is 345 g/mol. The maximum atomic E-state index is 9.33. The number of nitriles is 1. The molecule has 24 heavy (non-hydrogen) atoms. The summed E-state index contributed by atoms with van der Waals surface area (Å²) in [5, 5.41) is 15.1. The van der Waals surface area contributed by atoms with Gasteiger partial charge in [-0.1, -0.05) is 30.3 Å². The van der Waals surface area contributed by atoms with Crippen molar-refractivity contribution in [2.75, 3.05) is 33.3 Å². The van der Waals surface area contributed by atoms with Crippen LogP contribution in [0.1, 0.15) is 18.0 Å². The van der Waals surface area contributed by atoms with Gasteiger partial charge in [0.25, 0.3) is 0 Å². The van der Waals surface area contributed by atoms with Gasteiger partial charge >= 0.3 is 0 Å². The van der Waals surface area contributed by atoms with Gasteiger partial charge < -0.3 is 10.1 Å². The summed E-state index contributed by atoms with van der Waals surface area (Å²) in [4.78, 5) is 2.39. The third-order valence-corrected chi connectivity index (χ3v) is 4.36. The molecule has 1 heterocycles. The molecule has 0 radical (unpaired) electrons. The van der Waals surface area contributed by atoms with Gasteiger partial charge in [0, 0.05) is 31.7 Å². The van der Waals surface area contributed by atoms with E-state index in [9.17, 15) is 5.26 Å². The Morgan fingerprint density at radius 1 is 1.17 bits per heavy atom.